The lowest BCUT2D eigenvalue weighted by Gasteiger charge is -2.15. The van der Waals surface area contributed by atoms with Gasteiger partial charge in [-0.05, 0) is 42.2 Å². The molecule has 2 heterocycles. The molecule has 9 heteroatoms. The SMILES string of the molecule is C=CCn1c(COc2cc(C)ccc2C(C)C)nnc1SCC(=O)Nc1ccc2c(c1)OCCCO2. The van der Waals surface area contributed by atoms with E-state index in [1.54, 1.807) is 12.1 Å². The summed E-state index contributed by atoms with van der Waals surface area (Å²) in [6, 6.07) is 11.7. The summed E-state index contributed by atoms with van der Waals surface area (Å²) in [5, 5.41) is 12.2. The number of amides is 1. The van der Waals surface area contributed by atoms with Gasteiger partial charge in [0.2, 0.25) is 5.91 Å². The van der Waals surface area contributed by atoms with E-state index in [9.17, 15) is 4.79 Å². The van der Waals surface area contributed by atoms with E-state index < -0.39 is 0 Å². The van der Waals surface area contributed by atoms with Crippen LogP contribution < -0.4 is 19.5 Å². The lowest BCUT2D eigenvalue weighted by Crippen LogP contribution is -2.15. The Morgan fingerprint density at radius 2 is 2.00 bits per heavy atom. The van der Waals surface area contributed by atoms with Crippen molar-refractivity contribution < 1.29 is 19.0 Å². The van der Waals surface area contributed by atoms with E-state index in [0.717, 1.165) is 23.3 Å². The monoisotopic (exact) mass is 508 g/mol. The number of aromatic nitrogens is 3. The third kappa shape index (κ3) is 6.40. The Hall–Kier alpha value is -3.46. The lowest BCUT2D eigenvalue weighted by molar-refractivity contribution is -0.113. The van der Waals surface area contributed by atoms with Crippen LogP contribution in [-0.2, 0) is 17.9 Å². The van der Waals surface area contributed by atoms with E-state index in [4.69, 9.17) is 14.2 Å². The molecule has 0 unspecified atom stereocenters. The summed E-state index contributed by atoms with van der Waals surface area (Å²) in [6.07, 6.45) is 2.61. The first-order valence-electron chi connectivity index (χ1n) is 12.0. The third-order valence-corrected chi connectivity index (χ3v) is 6.58. The third-order valence-electron chi connectivity index (χ3n) is 5.62. The average molecular weight is 509 g/mol. The summed E-state index contributed by atoms with van der Waals surface area (Å²) in [6.45, 7) is 12.2. The first kappa shape index (κ1) is 25.6. The van der Waals surface area contributed by atoms with E-state index in [1.807, 2.05) is 29.7 Å². The Morgan fingerprint density at radius 1 is 1.19 bits per heavy atom. The summed E-state index contributed by atoms with van der Waals surface area (Å²) < 4.78 is 19.4. The number of thioether (sulfide) groups is 1. The number of anilines is 1. The molecule has 0 radical (unpaired) electrons. The second-order valence-electron chi connectivity index (χ2n) is 8.83. The van der Waals surface area contributed by atoms with Crippen molar-refractivity contribution in [2.24, 2.45) is 0 Å². The Labute approximate surface area is 216 Å². The normalized spacial score (nSPS) is 12.8. The van der Waals surface area contributed by atoms with Gasteiger partial charge in [-0.1, -0.05) is 43.8 Å². The van der Waals surface area contributed by atoms with Gasteiger partial charge >= 0.3 is 0 Å². The molecule has 0 aliphatic carbocycles. The summed E-state index contributed by atoms with van der Waals surface area (Å²) in [5.41, 5.74) is 2.94. The van der Waals surface area contributed by atoms with Crippen molar-refractivity contribution in [2.45, 2.75) is 51.4 Å². The van der Waals surface area contributed by atoms with E-state index in [2.05, 4.69) is 48.1 Å². The van der Waals surface area contributed by atoms with Crippen molar-refractivity contribution in [3.8, 4) is 17.2 Å². The number of carbonyl (C=O) groups is 1. The van der Waals surface area contributed by atoms with Gasteiger partial charge in [0.1, 0.15) is 12.4 Å². The van der Waals surface area contributed by atoms with E-state index >= 15 is 0 Å². The number of ether oxygens (including phenoxy) is 3. The van der Waals surface area contributed by atoms with Gasteiger partial charge in [0, 0.05) is 24.7 Å². The van der Waals surface area contributed by atoms with Gasteiger partial charge in [-0.15, -0.1) is 16.8 Å². The maximum Gasteiger partial charge on any atom is 0.234 e. The van der Waals surface area contributed by atoms with Crippen LogP contribution in [0.3, 0.4) is 0 Å². The Bertz CT molecular complexity index is 1220. The minimum absolute atomic E-state index is 0.151. The number of allylic oxidation sites excluding steroid dienone is 1. The highest BCUT2D eigenvalue weighted by Gasteiger charge is 2.17. The summed E-state index contributed by atoms with van der Waals surface area (Å²) in [7, 11) is 0. The molecule has 1 amide bonds. The largest absolute Gasteiger partial charge is 0.490 e. The van der Waals surface area contributed by atoms with Gasteiger partial charge < -0.3 is 19.5 Å². The second-order valence-corrected chi connectivity index (χ2v) is 9.77. The van der Waals surface area contributed by atoms with Crippen LogP contribution in [-0.4, -0.2) is 39.6 Å². The maximum atomic E-state index is 12.6. The number of hydrogen-bond acceptors (Lipinski definition) is 7. The molecule has 0 bridgehead atoms. The zero-order valence-electron chi connectivity index (χ0n) is 21.0. The van der Waals surface area contributed by atoms with Gasteiger partial charge in [-0.2, -0.15) is 0 Å². The van der Waals surface area contributed by atoms with Crippen LogP contribution in [0.5, 0.6) is 17.2 Å². The van der Waals surface area contributed by atoms with Crippen LogP contribution >= 0.6 is 11.8 Å². The lowest BCUT2D eigenvalue weighted by atomic mass is 10.0. The van der Waals surface area contributed by atoms with Crippen molar-refractivity contribution >= 4 is 23.4 Å². The molecule has 190 valence electrons. The molecule has 1 N–H and O–H groups in total. The van der Waals surface area contributed by atoms with Gasteiger partial charge in [0.05, 0.1) is 19.0 Å². The molecule has 3 aromatic rings. The molecule has 36 heavy (non-hydrogen) atoms. The van der Waals surface area contributed by atoms with Gasteiger partial charge in [0.15, 0.2) is 22.5 Å². The van der Waals surface area contributed by atoms with Crippen LogP contribution in [0.25, 0.3) is 0 Å². The van der Waals surface area contributed by atoms with Crippen LogP contribution in [0.4, 0.5) is 5.69 Å². The number of carbonyl (C=O) groups excluding carboxylic acids is 1. The summed E-state index contributed by atoms with van der Waals surface area (Å²) >= 11 is 1.32. The smallest absolute Gasteiger partial charge is 0.234 e. The Morgan fingerprint density at radius 3 is 2.78 bits per heavy atom. The van der Waals surface area contributed by atoms with Crippen molar-refractivity contribution in [2.75, 3.05) is 24.3 Å². The molecule has 2 aromatic carbocycles. The van der Waals surface area contributed by atoms with E-state index in [0.29, 0.717) is 53.8 Å². The van der Waals surface area contributed by atoms with Gasteiger partial charge in [-0.25, -0.2) is 0 Å². The van der Waals surface area contributed by atoms with Crippen LogP contribution in [0.2, 0.25) is 0 Å². The molecule has 1 aromatic heterocycles. The average Bonchev–Trinajstić information content (AvgIpc) is 3.07. The van der Waals surface area contributed by atoms with Crippen molar-refractivity contribution in [1.29, 1.82) is 0 Å². The molecule has 0 saturated heterocycles. The molecule has 0 atom stereocenters. The summed E-state index contributed by atoms with van der Waals surface area (Å²) in [4.78, 5) is 12.6. The first-order chi connectivity index (χ1) is 17.4. The molecule has 1 aliphatic heterocycles. The van der Waals surface area contributed by atoms with E-state index in [-0.39, 0.29) is 18.3 Å². The number of fused-ring (bicyclic) bond motifs is 1. The van der Waals surface area contributed by atoms with E-state index in [1.165, 1.54) is 11.8 Å². The van der Waals surface area contributed by atoms with Crippen LogP contribution in [0, 0.1) is 6.92 Å². The molecular formula is C27H32N4O4S. The standard InChI is InChI=1S/C27H32N4O4S/c1-5-11-31-25(16-35-23-14-19(4)7-9-21(23)18(2)3)29-30-27(31)36-17-26(32)28-20-8-10-22-24(15-20)34-13-6-12-33-22/h5,7-10,14-15,18H,1,6,11-13,16-17H2,2-4H3,(H,28,32). The van der Waals surface area contributed by atoms with Crippen LogP contribution in [0.15, 0.2) is 54.2 Å². The topological polar surface area (TPSA) is 87.5 Å². The minimum atomic E-state index is -0.151. The van der Waals surface area contributed by atoms with Crippen molar-refractivity contribution in [3.05, 3.63) is 66.0 Å². The fourth-order valence-electron chi connectivity index (χ4n) is 3.80. The molecule has 4 rings (SSSR count). The first-order valence-corrected chi connectivity index (χ1v) is 13.0. The minimum Gasteiger partial charge on any atom is -0.490 e. The highest BCUT2D eigenvalue weighted by atomic mass is 32.2. The highest BCUT2D eigenvalue weighted by molar-refractivity contribution is 7.99. The number of hydrogen-bond donors (Lipinski definition) is 1. The zero-order chi connectivity index (χ0) is 25.5. The second kappa shape index (κ2) is 12.0. The maximum absolute atomic E-state index is 12.6. The molecule has 0 fully saturated rings. The van der Waals surface area contributed by atoms with Crippen molar-refractivity contribution in [1.82, 2.24) is 14.8 Å². The molecule has 8 nitrogen and oxygen atoms in total. The Kier molecular flexibility index (Phi) is 8.53. The van der Waals surface area contributed by atoms with Crippen LogP contribution in [0.1, 0.15) is 43.1 Å². The van der Waals surface area contributed by atoms with Crippen molar-refractivity contribution in [3.63, 3.8) is 0 Å². The zero-order valence-corrected chi connectivity index (χ0v) is 21.8. The fraction of sp³-hybridized carbons (Fsp3) is 0.370. The molecule has 1 aliphatic rings. The predicted molar refractivity (Wildman–Crippen MR) is 141 cm³/mol. The number of rotatable bonds is 10. The number of nitrogens with one attached hydrogen (secondary N) is 1. The fourth-order valence-corrected chi connectivity index (χ4v) is 4.57. The molecule has 0 spiro atoms. The van der Waals surface area contributed by atoms with Gasteiger partial charge in [-0.3, -0.25) is 9.36 Å². The summed E-state index contributed by atoms with van der Waals surface area (Å²) in [5.74, 6) is 3.23. The number of benzene rings is 2. The number of aryl methyl sites for hydroxylation is 1. The van der Waals surface area contributed by atoms with Gasteiger partial charge in [0.25, 0.3) is 0 Å². The quantitative estimate of drug-likeness (QED) is 0.291. The molecule has 0 saturated carbocycles. The highest BCUT2D eigenvalue weighted by Crippen LogP contribution is 2.32. The number of nitrogens with zero attached hydrogens (tertiary/aromatic N) is 3. The molecular weight excluding hydrogens is 476 g/mol. The predicted octanol–water partition coefficient (Wildman–Crippen LogP) is 5.37. The Balaban J connectivity index is 1.39.